The van der Waals surface area contributed by atoms with Crippen molar-refractivity contribution >= 4 is 21.8 Å². The van der Waals surface area contributed by atoms with E-state index in [4.69, 9.17) is 14.0 Å². The Balaban J connectivity index is 2.53. The number of aromatic nitrogens is 1. The molecule has 0 aliphatic rings. The average Bonchev–Trinajstić information content (AvgIpc) is 2.98. The first-order valence-electron chi connectivity index (χ1n) is 7.08. The van der Waals surface area contributed by atoms with Crippen LogP contribution in [0.2, 0.25) is 0 Å². The van der Waals surface area contributed by atoms with E-state index in [0.29, 0.717) is 5.76 Å². The van der Waals surface area contributed by atoms with Crippen molar-refractivity contribution in [1.82, 2.24) is 5.16 Å². The second-order valence-corrected chi connectivity index (χ2v) is 6.65. The summed E-state index contributed by atoms with van der Waals surface area (Å²) in [7, 11) is -0.0572. The number of nitrogens with one attached hydrogen (secondary N) is 1. The number of benzene rings is 1. The zero-order valence-corrected chi connectivity index (χ0v) is 15.0. The largest absolute Gasteiger partial charge is 0.493 e. The van der Waals surface area contributed by atoms with Crippen molar-refractivity contribution in [2.75, 3.05) is 26.1 Å². The van der Waals surface area contributed by atoms with Crippen LogP contribution in [0.4, 0.5) is 5.82 Å². The molecule has 1 heterocycles. The smallest absolute Gasteiger partial charge is 0.310 e. The molecule has 25 heavy (non-hydrogen) atoms. The molecule has 2 rings (SSSR count). The van der Waals surface area contributed by atoms with Crippen LogP contribution in [0.1, 0.15) is 11.3 Å². The summed E-state index contributed by atoms with van der Waals surface area (Å²) in [5.41, 5.74) is 0.192. The monoisotopic (exact) mass is 370 g/mol. The molecule has 0 amide bonds. The molecule has 0 saturated heterocycles. The van der Waals surface area contributed by atoms with Crippen molar-refractivity contribution in [3.63, 3.8) is 0 Å². The lowest BCUT2D eigenvalue weighted by molar-refractivity contribution is -0.139. The molecule has 0 unspecified atom stereocenters. The van der Waals surface area contributed by atoms with E-state index >= 15 is 0 Å². The molecule has 1 aromatic heterocycles. The number of ether oxygens (including phenoxy) is 3. The minimum atomic E-state index is -4.06. The maximum atomic E-state index is 12.7. The van der Waals surface area contributed by atoms with Crippen LogP contribution >= 0.6 is 0 Å². The third-order valence-corrected chi connectivity index (χ3v) is 4.72. The van der Waals surface area contributed by atoms with Gasteiger partial charge in [0, 0.05) is 12.1 Å². The van der Waals surface area contributed by atoms with Gasteiger partial charge in [-0.2, -0.15) is 0 Å². The van der Waals surface area contributed by atoms with E-state index in [9.17, 15) is 13.2 Å². The summed E-state index contributed by atoms with van der Waals surface area (Å²) in [6, 6.07) is 4.11. The van der Waals surface area contributed by atoms with Gasteiger partial charge in [-0.25, -0.2) is 8.42 Å². The van der Waals surface area contributed by atoms with Gasteiger partial charge in [0.1, 0.15) is 5.76 Å². The number of carbonyl (C=O) groups excluding carboxylic acids is 1. The number of aryl methyl sites for hydroxylation is 1. The number of methoxy groups -OCH3 is 3. The number of anilines is 1. The normalized spacial score (nSPS) is 11.0. The fourth-order valence-corrected chi connectivity index (χ4v) is 3.35. The van der Waals surface area contributed by atoms with Crippen molar-refractivity contribution in [2.24, 2.45) is 0 Å². The van der Waals surface area contributed by atoms with E-state index in [1.165, 1.54) is 39.5 Å². The highest BCUT2D eigenvalue weighted by Gasteiger charge is 2.25. The average molecular weight is 370 g/mol. The molecule has 2 aromatic rings. The lowest BCUT2D eigenvalue weighted by atomic mass is 10.1. The van der Waals surface area contributed by atoms with Gasteiger partial charge in [-0.3, -0.25) is 9.52 Å². The molecule has 1 aromatic carbocycles. The molecule has 0 atom stereocenters. The fourth-order valence-electron chi connectivity index (χ4n) is 2.13. The number of sulfonamides is 1. The zero-order chi connectivity index (χ0) is 18.6. The van der Waals surface area contributed by atoms with E-state index in [-0.39, 0.29) is 34.2 Å². The van der Waals surface area contributed by atoms with Crippen molar-refractivity contribution in [2.45, 2.75) is 18.2 Å². The Kier molecular flexibility index (Phi) is 5.52. The van der Waals surface area contributed by atoms with Crippen LogP contribution in [0.5, 0.6) is 11.5 Å². The van der Waals surface area contributed by atoms with Crippen molar-refractivity contribution in [3.8, 4) is 11.5 Å². The first-order valence-corrected chi connectivity index (χ1v) is 8.57. The maximum Gasteiger partial charge on any atom is 0.310 e. The van der Waals surface area contributed by atoms with Crippen molar-refractivity contribution < 1.29 is 31.9 Å². The van der Waals surface area contributed by atoms with Crippen LogP contribution in [0.25, 0.3) is 0 Å². The summed E-state index contributed by atoms with van der Waals surface area (Å²) in [6.45, 7) is 1.63. The summed E-state index contributed by atoms with van der Waals surface area (Å²) < 4.78 is 47.5. The van der Waals surface area contributed by atoms with Gasteiger partial charge in [0.05, 0.1) is 32.6 Å². The standard InChI is InChI=1S/C15H18N2O7S/c1-9-5-14(16-24-9)17-25(19,20)13-8-12(22-3)11(21-2)6-10(13)7-15(18)23-4/h5-6,8H,7H2,1-4H3,(H,16,17). The quantitative estimate of drug-likeness (QED) is 0.729. The molecule has 10 heteroatoms. The molecule has 0 radical (unpaired) electrons. The molecular formula is C15H18N2O7S. The SMILES string of the molecule is COC(=O)Cc1cc(OC)c(OC)cc1S(=O)(=O)Nc1cc(C)on1. The summed E-state index contributed by atoms with van der Waals surface area (Å²) in [6.07, 6.45) is -0.259. The first kappa shape index (κ1) is 18.6. The second kappa shape index (κ2) is 7.43. The highest BCUT2D eigenvalue weighted by atomic mass is 32.2. The van der Waals surface area contributed by atoms with Crippen LogP contribution in [-0.4, -0.2) is 40.9 Å². The lowest BCUT2D eigenvalue weighted by Gasteiger charge is -2.15. The van der Waals surface area contributed by atoms with Crippen LogP contribution in [-0.2, 0) is 26.0 Å². The lowest BCUT2D eigenvalue weighted by Crippen LogP contribution is -2.17. The molecule has 0 bridgehead atoms. The van der Waals surface area contributed by atoms with E-state index in [0.717, 1.165) is 0 Å². The minimum absolute atomic E-state index is 0.0244. The molecule has 0 aliphatic heterocycles. The van der Waals surface area contributed by atoms with Crippen LogP contribution < -0.4 is 14.2 Å². The Morgan fingerprint density at radius 2 is 1.80 bits per heavy atom. The predicted octanol–water partition coefficient (Wildman–Crippen LogP) is 1.52. The molecule has 0 aliphatic carbocycles. The highest BCUT2D eigenvalue weighted by Crippen LogP contribution is 2.34. The van der Waals surface area contributed by atoms with E-state index in [1.807, 2.05) is 0 Å². The fraction of sp³-hybridized carbons (Fsp3) is 0.333. The summed E-state index contributed by atoms with van der Waals surface area (Å²) in [5, 5.41) is 3.60. The number of carbonyl (C=O) groups is 1. The highest BCUT2D eigenvalue weighted by molar-refractivity contribution is 7.92. The van der Waals surface area contributed by atoms with Crippen LogP contribution in [0, 0.1) is 6.92 Å². The minimum Gasteiger partial charge on any atom is -0.493 e. The zero-order valence-electron chi connectivity index (χ0n) is 14.2. The Labute approximate surface area is 144 Å². The van der Waals surface area contributed by atoms with E-state index < -0.39 is 16.0 Å². The van der Waals surface area contributed by atoms with Gasteiger partial charge in [0.25, 0.3) is 10.0 Å². The van der Waals surface area contributed by atoms with Gasteiger partial charge in [0.15, 0.2) is 17.3 Å². The Morgan fingerprint density at radius 1 is 1.16 bits per heavy atom. The van der Waals surface area contributed by atoms with Crippen LogP contribution in [0.3, 0.4) is 0 Å². The summed E-state index contributed by atoms with van der Waals surface area (Å²) in [5.74, 6) is 0.363. The molecule has 136 valence electrons. The van der Waals surface area contributed by atoms with E-state index in [2.05, 4.69) is 14.6 Å². The molecular weight excluding hydrogens is 352 g/mol. The number of hydrogen-bond acceptors (Lipinski definition) is 8. The molecule has 0 saturated carbocycles. The van der Waals surface area contributed by atoms with Crippen molar-refractivity contribution in [3.05, 3.63) is 29.5 Å². The first-order chi connectivity index (χ1) is 11.8. The summed E-state index contributed by atoms with van der Waals surface area (Å²) in [4.78, 5) is 11.5. The van der Waals surface area contributed by atoms with Gasteiger partial charge >= 0.3 is 5.97 Å². The topological polar surface area (TPSA) is 117 Å². The Bertz CT molecular complexity index is 874. The third kappa shape index (κ3) is 4.21. The molecule has 0 fully saturated rings. The number of nitrogens with zero attached hydrogens (tertiary/aromatic N) is 1. The van der Waals surface area contributed by atoms with Crippen LogP contribution in [0.15, 0.2) is 27.6 Å². The summed E-state index contributed by atoms with van der Waals surface area (Å²) >= 11 is 0. The number of hydrogen-bond donors (Lipinski definition) is 1. The Hall–Kier alpha value is -2.75. The third-order valence-electron chi connectivity index (χ3n) is 3.29. The molecule has 0 spiro atoms. The van der Waals surface area contributed by atoms with E-state index in [1.54, 1.807) is 6.92 Å². The van der Waals surface area contributed by atoms with Gasteiger partial charge in [0.2, 0.25) is 0 Å². The number of esters is 1. The molecule has 9 nitrogen and oxygen atoms in total. The number of rotatable bonds is 7. The maximum absolute atomic E-state index is 12.7. The van der Waals surface area contributed by atoms with Gasteiger partial charge in [-0.15, -0.1) is 0 Å². The van der Waals surface area contributed by atoms with Gasteiger partial charge < -0.3 is 18.7 Å². The van der Waals surface area contributed by atoms with Crippen molar-refractivity contribution in [1.29, 1.82) is 0 Å². The molecule has 1 N–H and O–H groups in total. The van der Waals surface area contributed by atoms with Gasteiger partial charge in [-0.05, 0) is 18.6 Å². The predicted molar refractivity (Wildman–Crippen MR) is 87.3 cm³/mol. The second-order valence-electron chi connectivity index (χ2n) is 5.00. The Morgan fingerprint density at radius 3 is 2.32 bits per heavy atom. The van der Waals surface area contributed by atoms with Gasteiger partial charge in [-0.1, -0.05) is 5.16 Å².